The Hall–Kier alpha value is -2.75. The first kappa shape index (κ1) is 18.6. The normalized spacial score (nSPS) is 17.0. The van der Waals surface area contributed by atoms with Gasteiger partial charge in [-0.1, -0.05) is 36.4 Å². The number of hydrogen-bond acceptors (Lipinski definition) is 2. The molecule has 1 saturated heterocycles. The van der Waals surface area contributed by atoms with Crippen LogP contribution in [0.15, 0.2) is 60.8 Å². The van der Waals surface area contributed by atoms with Gasteiger partial charge in [0.05, 0.1) is 0 Å². The van der Waals surface area contributed by atoms with Crippen molar-refractivity contribution in [1.82, 2.24) is 9.88 Å². The number of aromatic nitrogens is 1. The molecule has 146 valence electrons. The number of rotatable bonds is 6. The van der Waals surface area contributed by atoms with Crippen LogP contribution in [0.3, 0.4) is 0 Å². The topological polar surface area (TPSA) is 39.3 Å². The first-order valence-corrected chi connectivity index (χ1v) is 10.3. The van der Waals surface area contributed by atoms with E-state index in [2.05, 4.69) is 58.5 Å². The van der Waals surface area contributed by atoms with Crippen molar-refractivity contribution in [2.45, 2.75) is 38.1 Å². The lowest BCUT2D eigenvalue weighted by Crippen LogP contribution is -2.48. The number of carbonyl (C=O) groups is 1. The maximum Gasteiger partial charge on any atom is 0.222 e. The third kappa shape index (κ3) is 4.06. The minimum atomic E-state index is 0.264. The van der Waals surface area contributed by atoms with Gasteiger partial charge in [-0.3, -0.25) is 4.79 Å². The molecule has 2 heterocycles. The average molecular weight is 376 g/mol. The number of benzene rings is 2. The van der Waals surface area contributed by atoms with Crippen LogP contribution in [0.25, 0.3) is 10.9 Å². The van der Waals surface area contributed by atoms with Crippen LogP contribution < -0.4 is 4.90 Å². The number of para-hydroxylation sites is 2. The molecule has 1 amide bonds. The fraction of sp³-hybridized carbons (Fsp3) is 0.375. The predicted molar refractivity (Wildman–Crippen MR) is 116 cm³/mol. The molecular formula is C24H29N3O. The molecule has 1 aliphatic rings. The Morgan fingerprint density at radius 1 is 1.14 bits per heavy atom. The molecule has 4 nitrogen and oxygen atoms in total. The van der Waals surface area contributed by atoms with Gasteiger partial charge < -0.3 is 14.8 Å². The summed E-state index contributed by atoms with van der Waals surface area (Å²) in [5.74, 6) is 0.264. The molecule has 1 N–H and O–H groups in total. The maximum atomic E-state index is 12.8. The van der Waals surface area contributed by atoms with Crippen LogP contribution in [-0.2, 0) is 11.2 Å². The van der Waals surface area contributed by atoms with Crippen molar-refractivity contribution in [3.05, 3.63) is 66.4 Å². The molecule has 1 aromatic heterocycles. The monoisotopic (exact) mass is 375 g/mol. The van der Waals surface area contributed by atoms with Crippen molar-refractivity contribution in [3.8, 4) is 0 Å². The van der Waals surface area contributed by atoms with Crippen molar-refractivity contribution in [1.29, 1.82) is 0 Å². The lowest BCUT2D eigenvalue weighted by molar-refractivity contribution is -0.132. The van der Waals surface area contributed by atoms with Gasteiger partial charge in [-0.05, 0) is 49.4 Å². The van der Waals surface area contributed by atoms with E-state index >= 15 is 0 Å². The maximum absolute atomic E-state index is 12.8. The second-order valence-electron chi connectivity index (χ2n) is 7.80. The van der Waals surface area contributed by atoms with Crippen molar-refractivity contribution in [2.75, 3.05) is 25.0 Å². The Morgan fingerprint density at radius 3 is 2.79 bits per heavy atom. The van der Waals surface area contributed by atoms with E-state index in [4.69, 9.17) is 0 Å². The average Bonchev–Trinajstić information content (AvgIpc) is 3.17. The molecule has 0 radical (unpaired) electrons. The van der Waals surface area contributed by atoms with Crippen LogP contribution >= 0.6 is 0 Å². The van der Waals surface area contributed by atoms with Gasteiger partial charge in [-0.2, -0.15) is 0 Å². The summed E-state index contributed by atoms with van der Waals surface area (Å²) in [6, 6.07) is 19.2. The van der Waals surface area contributed by atoms with E-state index in [1.807, 2.05) is 24.1 Å². The zero-order valence-electron chi connectivity index (χ0n) is 16.6. The SMILES string of the molecule is CN(C(=O)CCCc1c[nH]c2ccccc12)C1CCCN(c2ccccc2)C1. The number of fused-ring (bicyclic) bond motifs is 1. The summed E-state index contributed by atoms with van der Waals surface area (Å²) in [7, 11) is 1.98. The highest BCUT2D eigenvalue weighted by molar-refractivity contribution is 5.83. The summed E-state index contributed by atoms with van der Waals surface area (Å²) in [4.78, 5) is 20.5. The molecule has 28 heavy (non-hydrogen) atoms. The number of anilines is 1. The van der Waals surface area contributed by atoms with E-state index in [0.717, 1.165) is 38.8 Å². The van der Waals surface area contributed by atoms with Crippen molar-refractivity contribution in [2.24, 2.45) is 0 Å². The number of aromatic amines is 1. The van der Waals surface area contributed by atoms with E-state index in [0.29, 0.717) is 12.5 Å². The summed E-state index contributed by atoms with van der Waals surface area (Å²) >= 11 is 0. The van der Waals surface area contributed by atoms with Crippen LogP contribution in [0.4, 0.5) is 5.69 Å². The van der Waals surface area contributed by atoms with Gasteiger partial charge in [-0.15, -0.1) is 0 Å². The van der Waals surface area contributed by atoms with E-state index in [-0.39, 0.29) is 5.91 Å². The van der Waals surface area contributed by atoms with Gasteiger partial charge in [0.2, 0.25) is 5.91 Å². The van der Waals surface area contributed by atoms with Crippen LogP contribution in [0.1, 0.15) is 31.2 Å². The molecule has 1 unspecified atom stereocenters. The number of nitrogens with one attached hydrogen (secondary N) is 1. The smallest absolute Gasteiger partial charge is 0.222 e. The van der Waals surface area contributed by atoms with Gasteiger partial charge in [0.1, 0.15) is 0 Å². The molecule has 4 rings (SSSR count). The molecule has 2 aromatic carbocycles. The first-order valence-electron chi connectivity index (χ1n) is 10.3. The minimum Gasteiger partial charge on any atom is -0.369 e. The minimum absolute atomic E-state index is 0.264. The van der Waals surface area contributed by atoms with Crippen LogP contribution in [0.5, 0.6) is 0 Å². The van der Waals surface area contributed by atoms with Crippen LogP contribution in [0, 0.1) is 0 Å². The molecule has 0 bridgehead atoms. The van der Waals surface area contributed by atoms with E-state index in [9.17, 15) is 4.79 Å². The van der Waals surface area contributed by atoms with Gasteiger partial charge in [0.15, 0.2) is 0 Å². The van der Waals surface area contributed by atoms with E-state index < -0.39 is 0 Å². The number of nitrogens with zero attached hydrogens (tertiary/aromatic N) is 2. The quantitative estimate of drug-likeness (QED) is 0.683. The zero-order valence-corrected chi connectivity index (χ0v) is 16.6. The Bertz CT molecular complexity index is 918. The van der Waals surface area contributed by atoms with E-state index in [1.165, 1.54) is 22.2 Å². The molecule has 1 aliphatic heterocycles. The highest BCUT2D eigenvalue weighted by atomic mass is 16.2. The summed E-state index contributed by atoms with van der Waals surface area (Å²) in [5, 5.41) is 1.27. The van der Waals surface area contributed by atoms with Gasteiger partial charge in [0, 0.05) is 55.4 Å². The largest absolute Gasteiger partial charge is 0.369 e. The third-order valence-corrected chi connectivity index (χ3v) is 5.97. The first-order chi connectivity index (χ1) is 13.7. The van der Waals surface area contributed by atoms with Crippen molar-refractivity contribution < 1.29 is 4.79 Å². The van der Waals surface area contributed by atoms with Crippen molar-refractivity contribution >= 4 is 22.5 Å². The Kier molecular flexibility index (Phi) is 5.65. The fourth-order valence-electron chi connectivity index (χ4n) is 4.29. The molecule has 0 saturated carbocycles. The molecule has 1 fully saturated rings. The number of aryl methyl sites for hydroxylation is 1. The Labute approximate surface area is 167 Å². The standard InChI is InChI=1S/C24H29N3O/c1-26(21-12-8-16-27(18-21)20-10-3-2-4-11-20)24(28)15-7-9-19-17-25-23-14-6-5-13-22(19)23/h2-6,10-11,13-14,17,21,25H,7-9,12,15-16,18H2,1H3. The summed E-state index contributed by atoms with van der Waals surface area (Å²) < 4.78 is 0. The Morgan fingerprint density at radius 2 is 1.93 bits per heavy atom. The lowest BCUT2D eigenvalue weighted by Gasteiger charge is -2.39. The second-order valence-corrected chi connectivity index (χ2v) is 7.80. The van der Waals surface area contributed by atoms with Gasteiger partial charge in [0.25, 0.3) is 0 Å². The second kappa shape index (κ2) is 8.51. The molecule has 3 aromatic rings. The summed E-state index contributed by atoms with van der Waals surface area (Å²) in [6.45, 7) is 2.00. The molecular weight excluding hydrogens is 346 g/mol. The van der Waals surface area contributed by atoms with Gasteiger partial charge >= 0.3 is 0 Å². The molecule has 0 spiro atoms. The Balaban J connectivity index is 1.30. The number of piperidine rings is 1. The number of amides is 1. The molecule has 0 aliphatic carbocycles. The van der Waals surface area contributed by atoms with Crippen molar-refractivity contribution in [3.63, 3.8) is 0 Å². The van der Waals surface area contributed by atoms with E-state index in [1.54, 1.807) is 0 Å². The summed E-state index contributed by atoms with van der Waals surface area (Å²) in [6.07, 6.45) is 6.74. The molecule has 4 heteroatoms. The van der Waals surface area contributed by atoms with Gasteiger partial charge in [-0.25, -0.2) is 0 Å². The zero-order chi connectivity index (χ0) is 19.3. The fourth-order valence-corrected chi connectivity index (χ4v) is 4.29. The highest BCUT2D eigenvalue weighted by Gasteiger charge is 2.26. The predicted octanol–water partition coefficient (Wildman–Crippen LogP) is 4.62. The number of H-pyrrole nitrogens is 1. The molecule has 1 atom stereocenters. The number of carbonyl (C=O) groups excluding carboxylic acids is 1. The van der Waals surface area contributed by atoms with Crippen LogP contribution in [-0.4, -0.2) is 42.0 Å². The number of hydrogen-bond donors (Lipinski definition) is 1. The third-order valence-electron chi connectivity index (χ3n) is 5.97. The highest BCUT2D eigenvalue weighted by Crippen LogP contribution is 2.23. The lowest BCUT2D eigenvalue weighted by atomic mass is 10.0. The van der Waals surface area contributed by atoms with Crippen LogP contribution in [0.2, 0.25) is 0 Å². The number of likely N-dealkylation sites (N-methyl/N-ethyl adjacent to an activating group) is 1. The summed E-state index contributed by atoms with van der Waals surface area (Å²) in [5.41, 5.74) is 3.73.